The van der Waals surface area contributed by atoms with Crippen LogP contribution in [-0.2, 0) is 18.0 Å². The summed E-state index contributed by atoms with van der Waals surface area (Å²) in [6.07, 6.45) is 2.98. The number of unbranched alkanes of at least 4 members (excludes halogenated alkanes) is 1. The monoisotopic (exact) mass is 337 g/mol. The molecule has 1 aromatic carbocycles. The van der Waals surface area contributed by atoms with Gasteiger partial charge < -0.3 is 24.8 Å². The van der Waals surface area contributed by atoms with Gasteiger partial charge in [0.05, 0.1) is 6.61 Å². The van der Waals surface area contributed by atoms with Crippen molar-refractivity contribution in [3.63, 3.8) is 0 Å². The molecule has 7 heteroatoms. The van der Waals surface area contributed by atoms with Gasteiger partial charge in [-0.1, -0.05) is 31.5 Å². The van der Waals surface area contributed by atoms with Gasteiger partial charge in [0.25, 0.3) is 0 Å². The maximum atomic E-state index is 8.64. The van der Waals surface area contributed by atoms with E-state index in [4.69, 9.17) is 24.8 Å². The number of aromatic nitrogens is 2. The lowest BCUT2D eigenvalue weighted by Gasteiger charge is -2.04. The lowest BCUT2D eigenvalue weighted by Crippen LogP contribution is -2.02. The summed E-state index contributed by atoms with van der Waals surface area (Å²) in [5, 5.41) is 16.0. The van der Waals surface area contributed by atoms with Crippen molar-refractivity contribution in [1.29, 1.82) is 0 Å². The Hall–Kier alpha value is -1.96. The Bertz CT molecular complexity index is 518. The van der Waals surface area contributed by atoms with Gasteiger partial charge in [0.2, 0.25) is 0 Å². The van der Waals surface area contributed by atoms with Gasteiger partial charge in [0.15, 0.2) is 12.4 Å². The molecule has 0 amide bonds. The SMILES string of the molecule is CCCCN.OCCCOCc1nnoc1COc1ccccc1. The number of benzene rings is 1. The molecule has 0 aliphatic heterocycles. The Kier molecular flexibility index (Phi) is 11.3. The predicted octanol–water partition coefficient (Wildman–Crippen LogP) is 2.29. The summed E-state index contributed by atoms with van der Waals surface area (Å²) in [5.74, 6) is 1.30. The van der Waals surface area contributed by atoms with Crippen LogP contribution in [0.15, 0.2) is 34.9 Å². The molecule has 7 nitrogen and oxygen atoms in total. The molecule has 24 heavy (non-hydrogen) atoms. The minimum atomic E-state index is 0.112. The second-order valence-corrected chi connectivity index (χ2v) is 5.02. The normalized spacial score (nSPS) is 10.1. The van der Waals surface area contributed by atoms with Crippen LogP contribution in [0.3, 0.4) is 0 Å². The molecular formula is C17H27N3O4. The fraction of sp³-hybridized carbons (Fsp3) is 0.529. The van der Waals surface area contributed by atoms with Crippen LogP contribution in [-0.4, -0.2) is 35.2 Å². The summed E-state index contributed by atoms with van der Waals surface area (Å²) in [4.78, 5) is 0. The van der Waals surface area contributed by atoms with Crippen LogP contribution >= 0.6 is 0 Å². The van der Waals surface area contributed by atoms with Gasteiger partial charge in [0, 0.05) is 18.5 Å². The first-order chi connectivity index (χ1) is 11.8. The first-order valence-corrected chi connectivity index (χ1v) is 8.18. The average molecular weight is 337 g/mol. The molecule has 134 valence electrons. The first kappa shape index (κ1) is 20.1. The molecule has 0 fully saturated rings. The van der Waals surface area contributed by atoms with Crippen molar-refractivity contribution >= 4 is 0 Å². The van der Waals surface area contributed by atoms with Crippen molar-refractivity contribution in [1.82, 2.24) is 10.4 Å². The smallest absolute Gasteiger partial charge is 0.200 e. The van der Waals surface area contributed by atoms with E-state index in [1.165, 1.54) is 12.8 Å². The van der Waals surface area contributed by atoms with Crippen LogP contribution < -0.4 is 10.5 Å². The van der Waals surface area contributed by atoms with Crippen molar-refractivity contribution < 1.29 is 19.1 Å². The third-order valence-electron chi connectivity index (χ3n) is 2.99. The fourth-order valence-electron chi connectivity index (χ4n) is 1.65. The minimum absolute atomic E-state index is 0.112. The third-order valence-corrected chi connectivity index (χ3v) is 2.99. The lowest BCUT2D eigenvalue weighted by atomic mass is 10.3. The van der Waals surface area contributed by atoms with Crippen molar-refractivity contribution in [2.45, 2.75) is 39.4 Å². The Morgan fingerprint density at radius 3 is 2.58 bits per heavy atom. The van der Waals surface area contributed by atoms with Crippen molar-refractivity contribution in [3.05, 3.63) is 41.8 Å². The number of aliphatic hydroxyl groups is 1. The molecular weight excluding hydrogens is 310 g/mol. The summed E-state index contributed by atoms with van der Waals surface area (Å²) in [5.41, 5.74) is 5.76. The predicted molar refractivity (Wildman–Crippen MR) is 90.4 cm³/mol. The standard InChI is InChI=1S/C13H16N2O4.C4H11N/c16-7-4-8-17-9-12-13(19-15-14-12)10-18-11-5-2-1-3-6-11;1-2-3-4-5/h1-3,5-6,16H,4,7-10H2;2-5H2,1H3. The van der Waals surface area contributed by atoms with E-state index >= 15 is 0 Å². The van der Waals surface area contributed by atoms with Crippen LogP contribution in [0.25, 0.3) is 0 Å². The maximum absolute atomic E-state index is 8.64. The van der Waals surface area contributed by atoms with Crippen molar-refractivity contribution in [2.75, 3.05) is 19.8 Å². The van der Waals surface area contributed by atoms with E-state index in [-0.39, 0.29) is 13.2 Å². The van der Waals surface area contributed by atoms with E-state index in [2.05, 4.69) is 17.3 Å². The van der Waals surface area contributed by atoms with Gasteiger partial charge in [-0.3, -0.25) is 0 Å². The highest BCUT2D eigenvalue weighted by Crippen LogP contribution is 2.13. The molecule has 0 spiro atoms. The molecule has 0 radical (unpaired) electrons. The third kappa shape index (κ3) is 8.61. The number of nitrogens with two attached hydrogens (primary N) is 1. The zero-order chi connectivity index (χ0) is 17.5. The summed E-state index contributed by atoms with van der Waals surface area (Å²) >= 11 is 0. The minimum Gasteiger partial charge on any atom is -0.485 e. The number of aliphatic hydroxyl groups excluding tert-OH is 1. The van der Waals surface area contributed by atoms with Gasteiger partial charge in [-0.25, -0.2) is 0 Å². The highest BCUT2D eigenvalue weighted by Gasteiger charge is 2.11. The van der Waals surface area contributed by atoms with E-state index in [1.54, 1.807) is 0 Å². The summed E-state index contributed by atoms with van der Waals surface area (Å²) in [6.45, 7) is 4.12. The van der Waals surface area contributed by atoms with E-state index < -0.39 is 0 Å². The van der Waals surface area contributed by atoms with Crippen molar-refractivity contribution in [2.24, 2.45) is 5.73 Å². The Morgan fingerprint density at radius 2 is 1.96 bits per heavy atom. The Morgan fingerprint density at radius 1 is 1.17 bits per heavy atom. The molecule has 1 aromatic heterocycles. The average Bonchev–Trinajstić information content (AvgIpc) is 3.06. The molecule has 0 aliphatic carbocycles. The van der Waals surface area contributed by atoms with Gasteiger partial charge in [-0.15, -0.1) is 5.10 Å². The number of hydrogen-bond acceptors (Lipinski definition) is 7. The zero-order valence-corrected chi connectivity index (χ0v) is 14.2. The molecule has 0 saturated carbocycles. The van der Waals surface area contributed by atoms with Crippen LogP contribution in [0.2, 0.25) is 0 Å². The van der Waals surface area contributed by atoms with Crippen LogP contribution in [0, 0.1) is 0 Å². The molecule has 3 N–H and O–H groups in total. The molecule has 0 aliphatic rings. The number of hydrogen-bond donors (Lipinski definition) is 2. The zero-order valence-electron chi connectivity index (χ0n) is 14.2. The van der Waals surface area contributed by atoms with Crippen LogP contribution in [0.4, 0.5) is 0 Å². The molecule has 0 atom stereocenters. The van der Waals surface area contributed by atoms with Gasteiger partial charge in [-0.05, 0) is 31.5 Å². The fourth-order valence-corrected chi connectivity index (χ4v) is 1.65. The molecule has 0 bridgehead atoms. The Labute approximate surface area is 142 Å². The number of rotatable bonds is 10. The lowest BCUT2D eigenvalue weighted by molar-refractivity contribution is 0.1000. The number of ether oxygens (including phenoxy) is 2. The molecule has 0 unspecified atom stereocenters. The molecule has 2 aromatic rings. The second kappa shape index (κ2) is 13.5. The second-order valence-electron chi connectivity index (χ2n) is 5.02. The molecule has 1 heterocycles. The van der Waals surface area contributed by atoms with Crippen molar-refractivity contribution in [3.8, 4) is 5.75 Å². The highest BCUT2D eigenvalue weighted by atomic mass is 16.5. The van der Waals surface area contributed by atoms with Gasteiger partial charge >= 0.3 is 0 Å². The quantitative estimate of drug-likeness (QED) is 0.641. The van der Waals surface area contributed by atoms with E-state index in [0.717, 1.165) is 12.3 Å². The van der Waals surface area contributed by atoms with E-state index in [0.29, 0.717) is 31.1 Å². The van der Waals surface area contributed by atoms with Gasteiger partial charge in [-0.2, -0.15) is 0 Å². The molecule has 2 rings (SSSR count). The first-order valence-electron chi connectivity index (χ1n) is 8.18. The van der Waals surface area contributed by atoms with Crippen LogP contribution in [0.1, 0.15) is 37.6 Å². The summed E-state index contributed by atoms with van der Waals surface area (Å²) in [7, 11) is 0. The van der Waals surface area contributed by atoms with E-state index in [9.17, 15) is 0 Å². The number of nitrogens with zero attached hydrogens (tertiary/aromatic N) is 2. The van der Waals surface area contributed by atoms with Gasteiger partial charge in [0.1, 0.15) is 11.4 Å². The molecule has 0 saturated heterocycles. The largest absolute Gasteiger partial charge is 0.485 e. The summed E-state index contributed by atoms with van der Waals surface area (Å²) in [6, 6.07) is 9.44. The van der Waals surface area contributed by atoms with Crippen LogP contribution in [0.5, 0.6) is 5.75 Å². The highest BCUT2D eigenvalue weighted by molar-refractivity contribution is 5.21. The topological polar surface area (TPSA) is 104 Å². The Balaban J connectivity index is 0.000000505. The van der Waals surface area contributed by atoms with E-state index in [1.807, 2.05) is 30.3 Å². The summed E-state index contributed by atoms with van der Waals surface area (Å²) < 4.78 is 15.9. The number of para-hydroxylation sites is 1. The maximum Gasteiger partial charge on any atom is 0.200 e.